The maximum absolute atomic E-state index is 14.0. The summed E-state index contributed by atoms with van der Waals surface area (Å²) in [5.41, 5.74) is 1.51. The average Bonchev–Trinajstić information content (AvgIpc) is 3.57. The summed E-state index contributed by atoms with van der Waals surface area (Å²) in [6, 6.07) is 13.3. The number of hydrogen-bond donors (Lipinski definition) is 5. The Balaban J connectivity index is 1.69. The van der Waals surface area contributed by atoms with Crippen LogP contribution in [-0.4, -0.2) is 88.7 Å². The number of nitrogens with zero attached hydrogens (tertiary/aromatic N) is 1. The number of nitrogens with one attached hydrogen (secondary N) is 4. The molecule has 4 amide bonds. The van der Waals surface area contributed by atoms with Gasteiger partial charge in [-0.2, -0.15) is 0 Å². The van der Waals surface area contributed by atoms with Crippen LogP contribution in [0.25, 0.3) is 0 Å². The number of carboxylic acids is 1. The molecule has 2 saturated heterocycles. The minimum atomic E-state index is -1.29. The SMILES string of the molecule is CC(C)CC1NCCCCC(=O)C(CC(=O)O)NC(=O)C(Cc2ccccc2)NC(=O)C(Cc2ccccc2)NC(=O)C2CCCN2C1=O. The van der Waals surface area contributed by atoms with Crippen LogP contribution in [0.1, 0.15) is 69.9 Å². The molecule has 0 spiro atoms. The van der Waals surface area contributed by atoms with Crippen LogP contribution in [0.5, 0.6) is 0 Å². The summed E-state index contributed by atoms with van der Waals surface area (Å²) in [5, 5.41) is 21.2. The zero-order valence-corrected chi connectivity index (χ0v) is 28.4. The maximum Gasteiger partial charge on any atom is 0.305 e. The van der Waals surface area contributed by atoms with E-state index in [4.69, 9.17) is 0 Å². The molecule has 12 heteroatoms. The van der Waals surface area contributed by atoms with Crippen LogP contribution in [0.4, 0.5) is 0 Å². The van der Waals surface area contributed by atoms with Gasteiger partial charge in [0.1, 0.15) is 18.1 Å². The van der Waals surface area contributed by atoms with Crippen LogP contribution in [0.2, 0.25) is 0 Å². The van der Waals surface area contributed by atoms with Crippen molar-refractivity contribution in [2.24, 2.45) is 5.92 Å². The van der Waals surface area contributed by atoms with Crippen molar-refractivity contribution in [1.82, 2.24) is 26.2 Å². The standard InChI is InChI=1S/C37H49N5O7/c1-24(2)20-30-37(49)42-19-11-16-31(42)36(48)41-29(22-26-14-7-4-8-15-26)35(47)40-28(21-25-12-5-3-6-13-25)34(46)39-27(23-33(44)45)32(43)17-9-10-18-38-30/h3-8,12-15,24,27-31,38H,9-11,16-23H2,1-2H3,(H,39,46)(H,40,47)(H,41,48)(H,44,45). The molecule has 12 nitrogen and oxygen atoms in total. The van der Waals surface area contributed by atoms with E-state index in [2.05, 4.69) is 21.3 Å². The van der Waals surface area contributed by atoms with E-state index in [0.29, 0.717) is 45.2 Å². The molecule has 2 aliphatic rings. The van der Waals surface area contributed by atoms with Crippen molar-refractivity contribution in [2.45, 2.75) is 102 Å². The van der Waals surface area contributed by atoms with Crippen molar-refractivity contribution in [1.29, 1.82) is 0 Å². The highest BCUT2D eigenvalue weighted by Gasteiger charge is 2.39. The molecule has 2 aromatic carbocycles. The lowest BCUT2D eigenvalue weighted by atomic mass is 10.00. The zero-order chi connectivity index (χ0) is 35.3. The number of carbonyl (C=O) groups is 6. The molecule has 5 atom stereocenters. The molecule has 0 aliphatic carbocycles. The largest absolute Gasteiger partial charge is 0.481 e. The van der Waals surface area contributed by atoms with Crippen LogP contribution in [0, 0.1) is 5.92 Å². The molecule has 4 rings (SSSR count). The molecule has 0 bridgehead atoms. The fourth-order valence-electron chi connectivity index (χ4n) is 6.47. The van der Waals surface area contributed by atoms with Crippen LogP contribution >= 0.6 is 0 Å². The Morgan fingerprint density at radius 2 is 1.31 bits per heavy atom. The summed E-state index contributed by atoms with van der Waals surface area (Å²) in [7, 11) is 0. The zero-order valence-electron chi connectivity index (χ0n) is 28.4. The molecule has 0 saturated carbocycles. The van der Waals surface area contributed by atoms with Gasteiger partial charge in [0.25, 0.3) is 0 Å². The molecule has 5 N–H and O–H groups in total. The number of rotatable bonds is 8. The molecule has 2 heterocycles. The Labute approximate surface area is 287 Å². The third-order valence-electron chi connectivity index (χ3n) is 9.00. The molecule has 0 radical (unpaired) electrons. The Morgan fingerprint density at radius 3 is 1.86 bits per heavy atom. The van der Waals surface area contributed by atoms with Gasteiger partial charge in [0, 0.05) is 25.8 Å². The van der Waals surface area contributed by atoms with Gasteiger partial charge in [-0.05, 0) is 55.7 Å². The van der Waals surface area contributed by atoms with Crippen molar-refractivity contribution in [3.05, 3.63) is 71.8 Å². The van der Waals surface area contributed by atoms with Crippen LogP contribution in [0.3, 0.4) is 0 Å². The van der Waals surface area contributed by atoms with E-state index in [1.165, 1.54) is 0 Å². The summed E-state index contributed by atoms with van der Waals surface area (Å²) in [6.45, 7) is 4.89. The number of benzene rings is 2. The van der Waals surface area contributed by atoms with Gasteiger partial charge in [-0.25, -0.2) is 0 Å². The van der Waals surface area contributed by atoms with Gasteiger partial charge in [-0.15, -0.1) is 0 Å². The van der Waals surface area contributed by atoms with Gasteiger partial charge >= 0.3 is 5.97 Å². The van der Waals surface area contributed by atoms with E-state index < -0.39 is 66.1 Å². The molecule has 2 aliphatic heterocycles. The van der Waals surface area contributed by atoms with Crippen molar-refractivity contribution in [2.75, 3.05) is 13.1 Å². The highest BCUT2D eigenvalue weighted by molar-refractivity contribution is 5.97. The van der Waals surface area contributed by atoms with Gasteiger partial charge in [0.15, 0.2) is 5.78 Å². The van der Waals surface area contributed by atoms with Gasteiger partial charge in [-0.1, -0.05) is 74.5 Å². The second kappa shape index (κ2) is 18.3. The lowest BCUT2D eigenvalue weighted by molar-refractivity contribution is -0.141. The highest BCUT2D eigenvalue weighted by Crippen LogP contribution is 2.21. The first-order chi connectivity index (χ1) is 23.5. The minimum absolute atomic E-state index is 0.0319. The molecular weight excluding hydrogens is 626 g/mol. The van der Waals surface area contributed by atoms with E-state index in [1.807, 2.05) is 50.2 Å². The van der Waals surface area contributed by atoms with Crippen LogP contribution in [0.15, 0.2) is 60.7 Å². The quantitative estimate of drug-likeness (QED) is 0.283. The molecule has 0 aromatic heterocycles. The Morgan fingerprint density at radius 1 is 0.755 bits per heavy atom. The minimum Gasteiger partial charge on any atom is -0.481 e. The number of amides is 4. The number of aliphatic carboxylic acids is 1. The average molecular weight is 676 g/mol. The van der Waals surface area contributed by atoms with Gasteiger partial charge < -0.3 is 31.3 Å². The molecule has 49 heavy (non-hydrogen) atoms. The predicted octanol–water partition coefficient (Wildman–Crippen LogP) is 2.15. The van der Waals surface area contributed by atoms with E-state index in [9.17, 15) is 33.9 Å². The summed E-state index contributed by atoms with van der Waals surface area (Å²) < 4.78 is 0. The lowest BCUT2D eigenvalue weighted by Crippen LogP contribution is -2.59. The lowest BCUT2D eigenvalue weighted by Gasteiger charge is -2.31. The van der Waals surface area contributed by atoms with Crippen molar-refractivity contribution in [3.63, 3.8) is 0 Å². The number of ketones is 1. The summed E-state index contributed by atoms with van der Waals surface area (Å²) in [4.78, 5) is 82.2. The van der Waals surface area contributed by atoms with Gasteiger partial charge in [0.2, 0.25) is 23.6 Å². The maximum atomic E-state index is 14.0. The molecule has 264 valence electrons. The van der Waals surface area contributed by atoms with Crippen molar-refractivity contribution >= 4 is 35.4 Å². The Kier molecular flexibility index (Phi) is 13.9. The number of carbonyl (C=O) groups excluding carboxylic acids is 5. The van der Waals surface area contributed by atoms with E-state index in [-0.39, 0.29) is 31.1 Å². The fraction of sp³-hybridized carbons (Fsp3) is 0.514. The predicted molar refractivity (Wildman–Crippen MR) is 183 cm³/mol. The van der Waals surface area contributed by atoms with Crippen molar-refractivity contribution < 1.29 is 33.9 Å². The first-order valence-electron chi connectivity index (χ1n) is 17.3. The highest BCUT2D eigenvalue weighted by atomic mass is 16.4. The molecule has 2 aromatic rings. The summed E-state index contributed by atoms with van der Waals surface area (Å²) >= 11 is 0. The first-order valence-corrected chi connectivity index (χ1v) is 17.3. The number of hydrogen-bond acceptors (Lipinski definition) is 7. The van der Waals surface area contributed by atoms with E-state index in [1.54, 1.807) is 29.2 Å². The van der Waals surface area contributed by atoms with E-state index in [0.717, 1.165) is 11.1 Å². The molecule has 5 unspecified atom stereocenters. The monoisotopic (exact) mass is 675 g/mol. The fourth-order valence-corrected chi connectivity index (χ4v) is 6.47. The third-order valence-corrected chi connectivity index (χ3v) is 9.00. The third kappa shape index (κ3) is 11.2. The van der Waals surface area contributed by atoms with Crippen LogP contribution in [-0.2, 0) is 41.6 Å². The summed E-state index contributed by atoms with van der Waals surface area (Å²) in [5.74, 6) is -3.43. The second-order valence-electron chi connectivity index (χ2n) is 13.4. The Hall–Kier alpha value is -4.58. The number of Topliss-reactive ketones (excluding diaryl/α,β-unsaturated/α-hetero) is 1. The smallest absolute Gasteiger partial charge is 0.305 e. The van der Waals surface area contributed by atoms with Crippen molar-refractivity contribution in [3.8, 4) is 0 Å². The molecule has 2 fully saturated rings. The number of carboxylic acid groups (broad SMARTS) is 1. The Bertz CT molecular complexity index is 1450. The first kappa shape index (κ1) is 37.2. The second-order valence-corrected chi connectivity index (χ2v) is 13.4. The topological polar surface area (TPSA) is 174 Å². The van der Waals surface area contributed by atoms with Gasteiger partial charge in [0.05, 0.1) is 18.5 Å². The summed E-state index contributed by atoms with van der Waals surface area (Å²) in [6.07, 6.45) is 2.22. The normalized spacial score (nSPS) is 25.0. The molecular formula is C37H49N5O7. The number of fused-ring (bicyclic) bond motifs is 1. The van der Waals surface area contributed by atoms with E-state index >= 15 is 0 Å². The van der Waals surface area contributed by atoms with Crippen LogP contribution < -0.4 is 21.3 Å². The van der Waals surface area contributed by atoms with Gasteiger partial charge in [-0.3, -0.25) is 28.8 Å².